The second-order valence-corrected chi connectivity index (χ2v) is 11.0. The van der Waals surface area contributed by atoms with Crippen LogP contribution in [0.3, 0.4) is 0 Å². The quantitative estimate of drug-likeness (QED) is 0.639. The Hall–Kier alpha value is -2.26. The SMILES string of the molecule is CN1CCC(OC(=O)CCN=C2C(=O)N(C(C)(C)C)S(=O)(=O)C2c2ccccc2)CC1. The lowest BCUT2D eigenvalue weighted by Gasteiger charge is -2.30. The van der Waals surface area contributed by atoms with Crippen LogP contribution in [0.25, 0.3) is 0 Å². The fraction of sp³-hybridized carbons (Fsp3) is 0.591. The van der Waals surface area contributed by atoms with Gasteiger partial charge in [-0.1, -0.05) is 30.3 Å². The summed E-state index contributed by atoms with van der Waals surface area (Å²) in [7, 11) is -1.95. The molecule has 0 spiro atoms. The van der Waals surface area contributed by atoms with Crippen LogP contribution in [0.5, 0.6) is 0 Å². The second-order valence-electron chi connectivity index (χ2n) is 9.09. The standard InChI is InChI=1S/C22H31N3O5S/c1-22(2,3)25-21(27)19(20(31(25,28)29)16-8-6-5-7-9-16)23-13-10-18(26)30-17-11-14-24(4)15-12-17/h5-9,17,20H,10-15H2,1-4H3. The number of rotatable bonds is 5. The van der Waals surface area contributed by atoms with Gasteiger partial charge in [0.25, 0.3) is 15.9 Å². The lowest BCUT2D eigenvalue weighted by molar-refractivity contribution is -0.150. The minimum Gasteiger partial charge on any atom is -0.462 e. The van der Waals surface area contributed by atoms with Gasteiger partial charge < -0.3 is 9.64 Å². The number of benzene rings is 1. The Balaban J connectivity index is 1.77. The average molecular weight is 450 g/mol. The maximum Gasteiger partial charge on any atom is 0.307 e. The molecule has 0 N–H and O–H groups in total. The molecule has 3 rings (SSSR count). The summed E-state index contributed by atoms with van der Waals surface area (Å²) < 4.78 is 33.0. The topological polar surface area (TPSA) is 96.3 Å². The lowest BCUT2D eigenvalue weighted by Crippen LogP contribution is -2.45. The minimum atomic E-state index is -3.98. The molecule has 1 amide bonds. The molecular formula is C22H31N3O5S. The molecule has 0 saturated carbocycles. The molecule has 0 bridgehead atoms. The number of likely N-dealkylation sites (tertiary alicyclic amines) is 1. The highest BCUT2D eigenvalue weighted by atomic mass is 32.2. The van der Waals surface area contributed by atoms with E-state index < -0.39 is 26.7 Å². The molecule has 2 saturated heterocycles. The van der Waals surface area contributed by atoms with E-state index in [2.05, 4.69) is 9.89 Å². The van der Waals surface area contributed by atoms with E-state index in [-0.39, 0.29) is 30.8 Å². The van der Waals surface area contributed by atoms with Crippen molar-refractivity contribution in [2.24, 2.45) is 4.99 Å². The molecule has 9 heteroatoms. The van der Waals surface area contributed by atoms with Gasteiger partial charge in [0, 0.05) is 13.1 Å². The van der Waals surface area contributed by atoms with Crippen LogP contribution in [-0.2, 0) is 24.3 Å². The highest BCUT2D eigenvalue weighted by Crippen LogP contribution is 2.38. The molecule has 0 aromatic heterocycles. The first-order chi connectivity index (χ1) is 14.5. The van der Waals surface area contributed by atoms with Crippen molar-refractivity contribution in [1.29, 1.82) is 0 Å². The van der Waals surface area contributed by atoms with Gasteiger partial charge in [-0.3, -0.25) is 14.6 Å². The molecule has 2 heterocycles. The molecule has 8 nitrogen and oxygen atoms in total. The number of carbonyl (C=O) groups is 2. The van der Waals surface area contributed by atoms with E-state index in [1.807, 2.05) is 7.05 Å². The predicted molar refractivity (Wildman–Crippen MR) is 118 cm³/mol. The molecule has 2 fully saturated rings. The molecule has 31 heavy (non-hydrogen) atoms. The number of aliphatic imine (C=N–C) groups is 1. The molecule has 1 atom stereocenters. The Morgan fingerprint density at radius 1 is 1.16 bits per heavy atom. The van der Waals surface area contributed by atoms with Gasteiger partial charge in [0.05, 0.1) is 18.5 Å². The van der Waals surface area contributed by atoms with Crippen molar-refractivity contribution in [2.75, 3.05) is 26.7 Å². The third-order valence-corrected chi connectivity index (χ3v) is 7.79. The molecule has 2 aliphatic heterocycles. The van der Waals surface area contributed by atoms with Crippen molar-refractivity contribution in [3.8, 4) is 0 Å². The average Bonchev–Trinajstić information content (AvgIpc) is 2.89. The fourth-order valence-electron chi connectivity index (χ4n) is 3.99. The van der Waals surface area contributed by atoms with Crippen molar-refractivity contribution < 1.29 is 22.7 Å². The first-order valence-electron chi connectivity index (χ1n) is 10.6. The summed E-state index contributed by atoms with van der Waals surface area (Å²) in [5.74, 6) is -1.01. The van der Waals surface area contributed by atoms with E-state index in [0.29, 0.717) is 5.56 Å². The fourth-order valence-corrected chi connectivity index (χ4v) is 6.25. The third-order valence-electron chi connectivity index (χ3n) is 5.48. The number of piperidine rings is 1. The highest BCUT2D eigenvalue weighted by molar-refractivity contribution is 7.91. The number of ether oxygens (including phenoxy) is 1. The normalized spacial score (nSPS) is 24.0. The smallest absolute Gasteiger partial charge is 0.307 e. The van der Waals surface area contributed by atoms with Crippen molar-refractivity contribution >= 4 is 27.6 Å². The lowest BCUT2D eigenvalue weighted by atomic mass is 10.1. The molecule has 1 unspecified atom stereocenters. The van der Waals surface area contributed by atoms with Gasteiger partial charge in [-0.2, -0.15) is 0 Å². The van der Waals surface area contributed by atoms with Gasteiger partial charge in [-0.25, -0.2) is 12.7 Å². The first-order valence-corrected chi connectivity index (χ1v) is 12.1. The summed E-state index contributed by atoms with van der Waals surface area (Å²) >= 11 is 0. The molecule has 1 aromatic carbocycles. The zero-order valence-electron chi connectivity index (χ0n) is 18.6. The third kappa shape index (κ3) is 5.15. The summed E-state index contributed by atoms with van der Waals surface area (Å²) in [6, 6.07) is 8.58. The Morgan fingerprint density at radius 2 is 1.77 bits per heavy atom. The molecular weight excluding hydrogens is 418 g/mol. The molecule has 2 aliphatic rings. The minimum absolute atomic E-state index is 0.000193. The Labute approximate surface area is 184 Å². The number of esters is 1. The second kappa shape index (κ2) is 9.08. The number of carbonyl (C=O) groups excluding carboxylic acids is 2. The number of amides is 1. The van der Waals surface area contributed by atoms with E-state index in [4.69, 9.17) is 4.74 Å². The van der Waals surface area contributed by atoms with Crippen LogP contribution in [0.1, 0.15) is 50.8 Å². The number of nitrogens with zero attached hydrogens (tertiary/aromatic N) is 3. The monoisotopic (exact) mass is 449 g/mol. The summed E-state index contributed by atoms with van der Waals surface area (Å²) in [6.45, 7) is 6.79. The number of hydrogen-bond acceptors (Lipinski definition) is 7. The first kappa shape index (κ1) is 23.4. The number of hydrogen-bond donors (Lipinski definition) is 0. The van der Waals surface area contributed by atoms with E-state index in [0.717, 1.165) is 30.2 Å². The maximum atomic E-state index is 13.3. The van der Waals surface area contributed by atoms with E-state index >= 15 is 0 Å². The largest absolute Gasteiger partial charge is 0.462 e. The van der Waals surface area contributed by atoms with E-state index in [1.54, 1.807) is 51.1 Å². The summed E-state index contributed by atoms with van der Waals surface area (Å²) in [6.07, 6.45) is 1.49. The van der Waals surface area contributed by atoms with Crippen LogP contribution >= 0.6 is 0 Å². The van der Waals surface area contributed by atoms with Gasteiger partial charge in [0.1, 0.15) is 11.8 Å². The van der Waals surface area contributed by atoms with E-state index in [9.17, 15) is 18.0 Å². The Kier molecular flexibility index (Phi) is 6.85. The number of sulfonamides is 1. The van der Waals surface area contributed by atoms with Crippen LogP contribution in [0.2, 0.25) is 0 Å². The highest BCUT2D eigenvalue weighted by Gasteiger charge is 2.54. The molecule has 1 aromatic rings. The summed E-state index contributed by atoms with van der Waals surface area (Å²) in [4.78, 5) is 31.8. The van der Waals surface area contributed by atoms with Crippen LogP contribution in [-0.4, -0.2) is 73.5 Å². The van der Waals surface area contributed by atoms with Crippen molar-refractivity contribution in [3.05, 3.63) is 35.9 Å². The predicted octanol–water partition coefficient (Wildman–Crippen LogP) is 2.17. The van der Waals surface area contributed by atoms with Gasteiger partial charge in [-0.15, -0.1) is 0 Å². The zero-order chi connectivity index (χ0) is 22.8. The Bertz CT molecular complexity index is 945. The van der Waals surface area contributed by atoms with Crippen LogP contribution in [0.15, 0.2) is 35.3 Å². The van der Waals surface area contributed by atoms with Crippen LogP contribution in [0, 0.1) is 0 Å². The zero-order valence-corrected chi connectivity index (χ0v) is 19.4. The van der Waals surface area contributed by atoms with Crippen molar-refractivity contribution in [1.82, 2.24) is 9.21 Å². The van der Waals surface area contributed by atoms with Gasteiger partial charge >= 0.3 is 5.97 Å². The van der Waals surface area contributed by atoms with E-state index in [1.165, 1.54) is 0 Å². The summed E-state index contributed by atoms with van der Waals surface area (Å²) in [5, 5.41) is -1.18. The molecule has 0 aliphatic carbocycles. The van der Waals surface area contributed by atoms with Gasteiger partial charge in [-0.05, 0) is 46.2 Å². The van der Waals surface area contributed by atoms with Crippen molar-refractivity contribution in [2.45, 2.75) is 56.9 Å². The molecule has 0 radical (unpaired) electrons. The van der Waals surface area contributed by atoms with Crippen LogP contribution < -0.4 is 0 Å². The van der Waals surface area contributed by atoms with Crippen LogP contribution in [0.4, 0.5) is 0 Å². The van der Waals surface area contributed by atoms with Crippen molar-refractivity contribution in [3.63, 3.8) is 0 Å². The summed E-state index contributed by atoms with van der Waals surface area (Å²) in [5.41, 5.74) is -0.490. The maximum absolute atomic E-state index is 13.3. The Morgan fingerprint density at radius 3 is 2.35 bits per heavy atom. The molecule has 170 valence electrons. The van der Waals surface area contributed by atoms with Gasteiger partial charge in [0.15, 0.2) is 5.25 Å². The van der Waals surface area contributed by atoms with Gasteiger partial charge in [0.2, 0.25) is 0 Å².